The zero-order chi connectivity index (χ0) is 8.65. The van der Waals surface area contributed by atoms with Crippen LogP contribution >= 0.6 is 27.3 Å². The number of hydrogen-bond acceptors (Lipinski definition) is 2. The molecular weight excluding hydrogens is 222 g/mol. The van der Waals surface area contributed by atoms with Gasteiger partial charge in [0, 0.05) is 4.88 Å². The van der Waals surface area contributed by atoms with Gasteiger partial charge in [-0.2, -0.15) is 0 Å². The van der Waals surface area contributed by atoms with Crippen LogP contribution in [0.25, 0.3) is 0 Å². The summed E-state index contributed by atoms with van der Waals surface area (Å²) >= 11 is 5.11. The smallest absolute Gasteiger partial charge is 0.159 e. The maximum atomic E-state index is 4.31. The molecule has 0 spiro atoms. The number of aromatic nitrogens is 1. The Morgan fingerprint density at radius 2 is 1.91 bits per heavy atom. The molecule has 1 aromatic heterocycles. The third-order valence-corrected chi connectivity index (χ3v) is 3.49. The van der Waals surface area contributed by atoms with Gasteiger partial charge in [0.05, 0.1) is 5.69 Å². The topological polar surface area (TPSA) is 12.9 Å². The van der Waals surface area contributed by atoms with E-state index < -0.39 is 0 Å². The van der Waals surface area contributed by atoms with Gasteiger partial charge in [0.25, 0.3) is 0 Å². The fourth-order valence-electron chi connectivity index (χ4n) is 1.06. The van der Waals surface area contributed by atoms with Crippen molar-refractivity contribution in [3.8, 4) is 0 Å². The highest BCUT2D eigenvalue weighted by Gasteiger charge is 2.19. The van der Waals surface area contributed by atoms with Crippen molar-refractivity contribution in [2.45, 2.75) is 33.1 Å². The van der Waals surface area contributed by atoms with Gasteiger partial charge in [-0.25, -0.2) is 4.98 Å². The Morgan fingerprint density at radius 1 is 1.36 bits per heavy atom. The van der Waals surface area contributed by atoms with Crippen molar-refractivity contribution in [2.24, 2.45) is 0 Å². The molecule has 0 saturated carbocycles. The first kappa shape index (κ1) is 9.20. The van der Waals surface area contributed by atoms with E-state index in [1.54, 1.807) is 11.3 Å². The van der Waals surface area contributed by atoms with Crippen molar-refractivity contribution in [1.29, 1.82) is 0 Å². The van der Waals surface area contributed by atoms with Crippen molar-refractivity contribution in [2.75, 3.05) is 0 Å². The molecule has 0 N–H and O–H groups in total. The number of thiazole rings is 1. The van der Waals surface area contributed by atoms with Crippen LogP contribution in [0.5, 0.6) is 0 Å². The Balaban J connectivity index is 3.13. The molecule has 0 fully saturated rings. The minimum Gasteiger partial charge on any atom is -0.234 e. The third kappa shape index (κ3) is 2.03. The van der Waals surface area contributed by atoms with Gasteiger partial charge in [0.15, 0.2) is 3.92 Å². The van der Waals surface area contributed by atoms with Crippen LogP contribution in [0.1, 0.15) is 31.3 Å². The third-order valence-electron chi connectivity index (χ3n) is 1.45. The van der Waals surface area contributed by atoms with E-state index in [4.69, 9.17) is 0 Å². The van der Waals surface area contributed by atoms with E-state index in [0.717, 1.165) is 9.61 Å². The lowest BCUT2D eigenvalue weighted by Gasteiger charge is -2.16. The SMILES string of the molecule is Cc1nc(Br)sc1C(C)(C)C. The van der Waals surface area contributed by atoms with Gasteiger partial charge < -0.3 is 0 Å². The minimum absolute atomic E-state index is 0.230. The Morgan fingerprint density at radius 3 is 2.09 bits per heavy atom. The summed E-state index contributed by atoms with van der Waals surface area (Å²) in [6, 6.07) is 0. The summed E-state index contributed by atoms with van der Waals surface area (Å²) in [5.74, 6) is 0. The molecule has 0 aliphatic rings. The summed E-state index contributed by atoms with van der Waals surface area (Å²) in [6.07, 6.45) is 0. The molecule has 3 heteroatoms. The van der Waals surface area contributed by atoms with Gasteiger partial charge in [-0.3, -0.25) is 0 Å². The number of hydrogen-bond donors (Lipinski definition) is 0. The van der Waals surface area contributed by atoms with Crippen LogP contribution in [0.3, 0.4) is 0 Å². The zero-order valence-corrected chi connectivity index (χ0v) is 9.64. The summed E-state index contributed by atoms with van der Waals surface area (Å²) < 4.78 is 0.986. The van der Waals surface area contributed by atoms with E-state index in [9.17, 15) is 0 Å². The normalized spacial score (nSPS) is 12.1. The first-order chi connectivity index (χ1) is 4.91. The van der Waals surface area contributed by atoms with E-state index in [2.05, 4.69) is 48.6 Å². The molecule has 0 radical (unpaired) electrons. The molecule has 1 rings (SSSR count). The van der Waals surface area contributed by atoms with Crippen LogP contribution in [0.2, 0.25) is 0 Å². The van der Waals surface area contributed by atoms with Crippen molar-refractivity contribution in [3.63, 3.8) is 0 Å². The lowest BCUT2D eigenvalue weighted by molar-refractivity contribution is 0.598. The van der Waals surface area contributed by atoms with Crippen LogP contribution in [0.15, 0.2) is 3.92 Å². The van der Waals surface area contributed by atoms with Crippen LogP contribution < -0.4 is 0 Å². The van der Waals surface area contributed by atoms with Crippen molar-refractivity contribution < 1.29 is 0 Å². The van der Waals surface area contributed by atoms with Gasteiger partial charge in [0.1, 0.15) is 0 Å². The minimum atomic E-state index is 0.230. The largest absolute Gasteiger partial charge is 0.234 e. The predicted octanol–water partition coefficient (Wildman–Crippen LogP) is 3.51. The predicted molar refractivity (Wildman–Crippen MR) is 53.3 cm³/mol. The first-order valence-electron chi connectivity index (χ1n) is 3.54. The molecule has 1 heterocycles. The molecular formula is C8H12BrNS. The fourth-order valence-corrected chi connectivity index (χ4v) is 2.66. The van der Waals surface area contributed by atoms with Crippen molar-refractivity contribution in [1.82, 2.24) is 4.98 Å². The summed E-state index contributed by atoms with van der Waals surface area (Å²) in [5.41, 5.74) is 1.38. The van der Waals surface area contributed by atoms with Gasteiger partial charge in [-0.1, -0.05) is 20.8 Å². The highest BCUT2D eigenvalue weighted by atomic mass is 79.9. The summed E-state index contributed by atoms with van der Waals surface area (Å²) in [4.78, 5) is 5.68. The number of rotatable bonds is 0. The van der Waals surface area contributed by atoms with Crippen LogP contribution in [-0.4, -0.2) is 4.98 Å². The van der Waals surface area contributed by atoms with E-state index in [0.29, 0.717) is 0 Å². The van der Waals surface area contributed by atoms with Crippen molar-refractivity contribution in [3.05, 3.63) is 14.5 Å². The Kier molecular flexibility index (Phi) is 2.40. The molecule has 62 valence electrons. The molecule has 0 aromatic carbocycles. The zero-order valence-electron chi connectivity index (χ0n) is 7.23. The van der Waals surface area contributed by atoms with E-state index in [1.807, 2.05) is 0 Å². The molecule has 1 aromatic rings. The van der Waals surface area contributed by atoms with Gasteiger partial charge >= 0.3 is 0 Å². The van der Waals surface area contributed by atoms with E-state index >= 15 is 0 Å². The molecule has 0 aliphatic carbocycles. The molecule has 0 atom stereocenters. The molecule has 0 unspecified atom stereocenters. The molecule has 0 amide bonds. The monoisotopic (exact) mass is 233 g/mol. The first-order valence-corrected chi connectivity index (χ1v) is 5.15. The second kappa shape index (κ2) is 2.87. The average Bonchev–Trinajstić information content (AvgIpc) is 2.08. The molecule has 11 heavy (non-hydrogen) atoms. The molecule has 1 nitrogen and oxygen atoms in total. The lowest BCUT2D eigenvalue weighted by Crippen LogP contribution is -2.10. The second-order valence-electron chi connectivity index (χ2n) is 3.63. The summed E-state index contributed by atoms with van der Waals surface area (Å²) in [5, 5.41) is 0. The van der Waals surface area contributed by atoms with E-state index in [-0.39, 0.29) is 5.41 Å². The van der Waals surface area contributed by atoms with Gasteiger partial charge in [-0.05, 0) is 28.3 Å². The molecule has 0 saturated heterocycles. The van der Waals surface area contributed by atoms with E-state index in [1.165, 1.54) is 4.88 Å². The summed E-state index contributed by atoms with van der Waals surface area (Å²) in [7, 11) is 0. The van der Waals surface area contributed by atoms with Crippen LogP contribution in [0.4, 0.5) is 0 Å². The Hall–Kier alpha value is 0.110. The number of halogens is 1. The molecule has 0 aliphatic heterocycles. The number of aryl methyl sites for hydroxylation is 1. The second-order valence-corrected chi connectivity index (χ2v) is 5.91. The summed E-state index contributed by atoms with van der Waals surface area (Å²) in [6.45, 7) is 8.68. The lowest BCUT2D eigenvalue weighted by atomic mass is 9.94. The Labute approximate surface area is 80.0 Å². The standard InChI is InChI=1S/C8H12BrNS/c1-5-6(8(2,3)4)11-7(9)10-5/h1-4H3. The van der Waals surface area contributed by atoms with Crippen LogP contribution in [0, 0.1) is 6.92 Å². The Bertz CT molecular complexity index is 260. The van der Waals surface area contributed by atoms with Gasteiger partial charge in [0.2, 0.25) is 0 Å². The van der Waals surface area contributed by atoms with Gasteiger partial charge in [-0.15, -0.1) is 11.3 Å². The average molecular weight is 234 g/mol. The highest BCUT2D eigenvalue weighted by molar-refractivity contribution is 9.11. The number of nitrogens with zero attached hydrogens (tertiary/aromatic N) is 1. The maximum absolute atomic E-state index is 4.31. The fraction of sp³-hybridized carbons (Fsp3) is 0.625. The molecule has 0 bridgehead atoms. The van der Waals surface area contributed by atoms with Crippen molar-refractivity contribution >= 4 is 27.3 Å². The maximum Gasteiger partial charge on any atom is 0.159 e. The quantitative estimate of drug-likeness (QED) is 0.669. The van der Waals surface area contributed by atoms with Crippen LogP contribution in [-0.2, 0) is 5.41 Å². The highest BCUT2D eigenvalue weighted by Crippen LogP contribution is 2.33.